The van der Waals surface area contributed by atoms with Crippen LogP contribution in [-0.4, -0.2) is 37.3 Å². The summed E-state index contributed by atoms with van der Waals surface area (Å²) in [6, 6.07) is 4.92. The van der Waals surface area contributed by atoms with Gasteiger partial charge in [0.15, 0.2) is 0 Å². The number of carbonyl (C=O) groups is 2. The summed E-state index contributed by atoms with van der Waals surface area (Å²) in [6.45, 7) is 9.83. The van der Waals surface area contributed by atoms with Crippen molar-refractivity contribution < 1.29 is 23.8 Å². The molecule has 0 unspecified atom stereocenters. The van der Waals surface area contributed by atoms with Gasteiger partial charge in [0.1, 0.15) is 16.9 Å². The number of carbonyl (C=O) groups excluding carboxylic acids is 2. The molecule has 25 heavy (non-hydrogen) atoms. The lowest BCUT2D eigenvalue weighted by Crippen LogP contribution is -2.42. The molecule has 0 aliphatic carbocycles. The van der Waals surface area contributed by atoms with Crippen LogP contribution in [0.2, 0.25) is 0 Å². The summed E-state index contributed by atoms with van der Waals surface area (Å²) in [5, 5.41) is 2.80. The predicted molar refractivity (Wildman–Crippen MR) is 97.1 cm³/mol. The third-order valence-corrected chi connectivity index (χ3v) is 4.16. The molecule has 1 amide bonds. The maximum absolute atomic E-state index is 12.5. The Morgan fingerprint density at radius 1 is 1.24 bits per heavy atom. The summed E-state index contributed by atoms with van der Waals surface area (Å²) in [7, 11) is 1.31. The Morgan fingerprint density at radius 3 is 2.44 bits per heavy atom. The van der Waals surface area contributed by atoms with Crippen molar-refractivity contribution in [2.45, 2.75) is 59.2 Å². The minimum atomic E-state index is -0.925. The van der Waals surface area contributed by atoms with Gasteiger partial charge in [-0.15, -0.1) is 0 Å². The van der Waals surface area contributed by atoms with Gasteiger partial charge in [0.2, 0.25) is 0 Å². The molecule has 0 aliphatic heterocycles. The van der Waals surface area contributed by atoms with Crippen LogP contribution in [-0.2, 0) is 14.3 Å². The van der Waals surface area contributed by atoms with Gasteiger partial charge in [-0.25, -0.2) is 4.79 Å². The number of hydrogen-bond acceptors (Lipinski definition) is 5. The van der Waals surface area contributed by atoms with Crippen LogP contribution in [0.5, 0.6) is 5.75 Å². The first-order valence-corrected chi connectivity index (χ1v) is 8.65. The van der Waals surface area contributed by atoms with Crippen molar-refractivity contribution in [3.05, 3.63) is 23.8 Å². The number of benzene rings is 1. The quantitative estimate of drug-likeness (QED) is 0.685. The number of hydrogen-bond donors (Lipinski definition) is 1. The topological polar surface area (TPSA) is 73.9 Å². The minimum Gasteiger partial charge on any atom is -0.490 e. The average molecular weight is 351 g/mol. The van der Waals surface area contributed by atoms with Crippen molar-refractivity contribution in [2.24, 2.45) is 0 Å². The molecule has 0 saturated heterocycles. The zero-order valence-corrected chi connectivity index (χ0v) is 16.0. The molecule has 140 valence electrons. The van der Waals surface area contributed by atoms with Crippen LogP contribution in [0.25, 0.3) is 0 Å². The molecule has 0 saturated carbocycles. The van der Waals surface area contributed by atoms with Crippen molar-refractivity contribution in [1.82, 2.24) is 0 Å². The predicted octanol–water partition coefficient (Wildman–Crippen LogP) is 3.79. The van der Waals surface area contributed by atoms with E-state index in [1.165, 1.54) is 7.11 Å². The fraction of sp³-hybridized carbons (Fsp3) is 0.579. The minimum absolute atomic E-state index is 0.0369. The van der Waals surface area contributed by atoms with Crippen LogP contribution in [0, 0.1) is 0 Å². The van der Waals surface area contributed by atoms with E-state index in [9.17, 15) is 9.59 Å². The molecule has 0 aromatic heterocycles. The number of ether oxygens (including phenoxy) is 3. The summed E-state index contributed by atoms with van der Waals surface area (Å²) >= 11 is 0. The highest BCUT2D eigenvalue weighted by atomic mass is 16.5. The first-order chi connectivity index (χ1) is 11.8. The van der Waals surface area contributed by atoms with Crippen molar-refractivity contribution in [2.75, 3.05) is 19.0 Å². The van der Waals surface area contributed by atoms with Crippen LogP contribution < -0.4 is 10.1 Å². The van der Waals surface area contributed by atoms with Crippen LogP contribution in [0.4, 0.5) is 5.69 Å². The van der Waals surface area contributed by atoms with E-state index in [1.54, 1.807) is 25.1 Å². The zero-order valence-electron chi connectivity index (χ0n) is 16.0. The number of methoxy groups -OCH3 is 1. The van der Waals surface area contributed by atoms with Crippen molar-refractivity contribution in [3.8, 4) is 5.75 Å². The fourth-order valence-corrected chi connectivity index (χ4v) is 2.19. The van der Waals surface area contributed by atoms with Gasteiger partial charge >= 0.3 is 5.97 Å². The smallest absolute Gasteiger partial charge is 0.341 e. The van der Waals surface area contributed by atoms with Crippen LogP contribution >= 0.6 is 0 Å². The first-order valence-electron chi connectivity index (χ1n) is 8.65. The molecule has 1 aromatic carbocycles. The second-order valence-electron chi connectivity index (χ2n) is 6.01. The third kappa shape index (κ3) is 5.46. The molecule has 0 radical (unpaired) electrons. The van der Waals surface area contributed by atoms with Gasteiger partial charge in [-0.3, -0.25) is 4.79 Å². The lowest BCUT2D eigenvalue weighted by Gasteiger charge is -2.27. The van der Waals surface area contributed by atoms with Gasteiger partial charge in [-0.05, 0) is 51.8 Å². The average Bonchev–Trinajstić information content (AvgIpc) is 2.61. The first kappa shape index (κ1) is 21.0. The molecule has 6 nitrogen and oxygen atoms in total. The Morgan fingerprint density at radius 2 is 1.92 bits per heavy atom. The number of esters is 1. The van der Waals surface area contributed by atoms with Crippen molar-refractivity contribution >= 4 is 17.6 Å². The lowest BCUT2D eigenvalue weighted by molar-refractivity contribution is -0.139. The van der Waals surface area contributed by atoms with Crippen molar-refractivity contribution in [1.29, 1.82) is 0 Å². The molecule has 2 atom stereocenters. The monoisotopic (exact) mass is 351 g/mol. The summed E-state index contributed by atoms with van der Waals surface area (Å²) in [4.78, 5) is 24.6. The standard InChI is InChI=1S/C19H29NO5/c1-7-13(4)25-16-11-10-14(12-15(16)17(21)23-6)20-18(22)19(5,8-2)24-9-3/h10-13H,7-9H2,1-6H3,(H,20,22)/t13-,19+/m0/s1. The van der Waals surface area contributed by atoms with E-state index >= 15 is 0 Å². The van der Waals surface area contributed by atoms with Crippen LogP contribution in [0.3, 0.4) is 0 Å². The van der Waals surface area contributed by atoms with E-state index in [-0.39, 0.29) is 17.6 Å². The summed E-state index contributed by atoms with van der Waals surface area (Å²) in [5.74, 6) is -0.344. The highest BCUT2D eigenvalue weighted by molar-refractivity contribution is 5.99. The van der Waals surface area contributed by atoms with Gasteiger partial charge in [-0.2, -0.15) is 0 Å². The Balaban J connectivity index is 3.09. The Kier molecular flexibility index (Phi) is 7.90. The molecule has 1 N–H and O–H groups in total. The molecule has 0 bridgehead atoms. The molecule has 0 spiro atoms. The van der Waals surface area contributed by atoms with Gasteiger partial charge in [0.05, 0.1) is 13.2 Å². The summed E-state index contributed by atoms with van der Waals surface area (Å²) in [5.41, 5.74) is -0.164. The van der Waals surface area contributed by atoms with E-state index in [4.69, 9.17) is 14.2 Å². The number of rotatable bonds is 9. The highest BCUT2D eigenvalue weighted by Gasteiger charge is 2.32. The van der Waals surface area contributed by atoms with E-state index in [0.29, 0.717) is 24.5 Å². The number of anilines is 1. The van der Waals surface area contributed by atoms with E-state index in [0.717, 1.165) is 6.42 Å². The van der Waals surface area contributed by atoms with E-state index < -0.39 is 11.6 Å². The zero-order chi connectivity index (χ0) is 19.0. The summed E-state index contributed by atoms with van der Waals surface area (Å²) < 4.78 is 16.2. The molecule has 0 fully saturated rings. The Hall–Kier alpha value is -2.08. The number of amides is 1. The highest BCUT2D eigenvalue weighted by Crippen LogP contribution is 2.26. The number of nitrogens with one attached hydrogen (secondary N) is 1. The SMILES string of the molecule is CCO[C@](C)(CC)C(=O)Nc1ccc(O[C@@H](C)CC)c(C(=O)OC)c1. The Labute approximate surface area is 149 Å². The second kappa shape index (κ2) is 9.42. The van der Waals surface area contributed by atoms with Gasteiger partial charge < -0.3 is 19.5 Å². The van der Waals surface area contributed by atoms with Gasteiger partial charge in [-0.1, -0.05) is 13.8 Å². The molecule has 6 heteroatoms. The molecule has 1 rings (SSSR count). The van der Waals surface area contributed by atoms with E-state index in [2.05, 4.69) is 5.32 Å². The third-order valence-electron chi connectivity index (χ3n) is 4.16. The second-order valence-corrected chi connectivity index (χ2v) is 6.01. The fourth-order valence-electron chi connectivity index (χ4n) is 2.19. The summed E-state index contributed by atoms with van der Waals surface area (Å²) in [6.07, 6.45) is 1.30. The molecular formula is C19H29NO5. The van der Waals surface area contributed by atoms with Gasteiger partial charge in [0, 0.05) is 12.3 Å². The van der Waals surface area contributed by atoms with Crippen LogP contribution in [0.15, 0.2) is 18.2 Å². The Bertz CT molecular complexity index is 601. The molecule has 1 aromatic rings. The largest absolute Gasteiger partial charge is 0.490 e. The van der Waals surface area contributed by atoms with Crippen molar-refractivity contribution in [3.63, 3.8) is 0 Å². The van der Waals surface area contributed by atoms with E-state index in [1.807, 2.05) is 27.7 Å². The molecule has 0 aliphatic rings. The van der Waals surface area contributed by atoms with Crippen LogP contribution in [0.1, 0.15) is 57.8 Å². The lowest BCUT2D eigenvalue weighted by atomic mass is 10.0. The maximum Gasteiger partial charge on any atom is 0.341 e. The normalized spacial score (nSPS) is 14.3. The molecule has 0 heterocycles. The molecular weight excluding hydrogens is 322 g/mol. The maximum atomic E-state index is 12.5. The van der Waals surface area contributed by atoms with Gasteiger partial charge in [0.25, 0.3) is 5.91 Å².